The van der Waals surface area contributed by atoms with E-state index in [4.69, 9.17) is 9.47 Å². The van der Waals surface area contributed by atoms with Crippen molar-refractivity contribution in [2.75, 3.05) is 32.8 Å². The third-order valence-corrected chi connectivity index (χ3v) is 3.52. The Kier molecular flexibility index (Phi) is 5.34. The van der Waals surface area contributed by atoms with Crippen molar-refractivity contribution < 1.29 is 19.0 Å². The number of benzene rings is 1. The first-order valence-electron chi connectivity index (χ1n) is 7.04. The van der Waals surface area contributed by atoms with Gasteiger partial charge in [0, 0.05) is 18.7 Å². The van der Waals surface area contributed by atoms with Gasteiger partial charge >= 0.3 is 0 Å². The van der Waals surface area contributed by atoms with Gasteiger partial charge in [0.1, 0.15) is 24.3 Å². The van der Waals surface area contributed by atoms with E-state index in [-0.39, 0.29) is 11.9 Å². The molecule has 1 saturated heterocycles. The standard InChI is InChI=1S/C15H22FNO3/c1-3-17-6-7-19-13(9-17)10-20-15-5-4-12(16)8-14(15)11(2)18/h4-5,8,11,13,18H,3,6-7,9-10H2,1-2H3. The van der Waals surface area contributed by atoms with E-state index < -0.39 is 6.10 Å². The summed E-state index contributed by atoms with van der Waals surface area (Å²) in [7, 11) is 0. The second-order valence-electron chi connectivity index (χ2n) is 5.06. The Morgan fingerprint density at radius 3 is 3.05 bits per heavy atom. The van der Waals surface area contributed by atoms with Gasteiger partial charge in [-0.2, -0.15) is 0 Å². The second kappa shape index (κ2) is 7.02. The number of morpholine rings is 1. The maximum Gasteiger partial charge on any atom is 0.125 e. The predicted molar refractivity (Wildman–Crippen MR) is 74.4 cm³/mol. The van der Waals surface area contributed by atoms with Crippen LogP contribution in [0.3, 0.4) is 0 Å². The largest absolute Gasteiger partial charge is 0.490 e. The molecule has 0 spiro atoms. The van der Waals surface area contributed by atoms with Crippen LogP contribution in [0.1, 0.15) is 25.5 Å². The molecule has 0 amide bonds. The first-order valence-corrected chi connectivity index (χ1v) is 7.04. The zero-order chi connectivity index (χ0) is 14.5. The molecule has 1 heterocycles. The molecule has 1 fully saturated rings. The Morgan fingerprint density at radius 1 is 1.55 bits per heavy atom. The second-order valence-corrected chi connectivity index (χ2v) is 5.06. The molecule has 112 valence electrons. The van der Waals surface area contributed by atoms with Crippen LogP contribution >= 0.6 is 0 Å². The molecule has 0 aromatic heterocycles. The highest BCUT2D eigenvalue weighted by molar-refractivity contribution is 5.35. The summed E-state index contributed by atoms with van der Waals surface area (Å²) in [5.41, 5.74) is 0.466. The molecule has 1 aromatic carbocycles. The molecule has 5 heteroatoms. The molecule has 0 saturated carbocycles. The minimum atomic E-state index is -0.764. The monoisotopic (exact) mass is 283 g/mol. The molecule has 1 aliphatic heterocycles. The molecule has 1 aromatic rings. The average Bonchev–Trinajstić information content (AvgIpc) is 2.46. The Hall–Kier alpha value is -1.17. The van der Waals surface area contributed by atoms with Gasteiger partial charge in [-0.3, -0.25) is 4.90 Å². The van der Waals surface area contributed by atoms with Gasteiger partial charge in [0.25, 0.3) is 0 Å². The lowest BCUT2D eigenvalue weighted by Crippen LogP contribution is -2.44. The maximum atomic E-state index is 13.2. The summed E-state index contributed by atoms with van der Waals surface area (Å²) in [5, 5.41) is 9.66. The normalized spacial score (nSPS) is 21.7. The SMILES string of the molecule is CCN1CCOC(COc2ccc(F)cc2C(C)O)C1. The molecule has 0 aliphatic carbocycles. The van der Waals surface area contributed by atoms with Gasteiger partial charge in [-0.05, 0) is 31.7 Å². The van der Waals surface area contributed by atoms with E-state index in [2.05, 4.69) is 11.8 Å². The van der Waals surface area contributed by atoms with Crippen molar-refractivity contribution in [1.82, 2.24) is 4.90 Å². The molecule has 2 atom stereocenters. The number of aliphatic hydroxyl groups is 1. The summed E-state index contributed by atoms with van der Waals surface area (Å²) in [4.78, 5) is 2.30. The molecule has 0 radical (unpaired) electrons. The van der Waals surface area contributed by atoms with Crippen LogP contribution in [0.15, 0.2) is 18.2 Å². The number of aliphatic hydroxyl groups excluding tert-OH is 1. The van der Waals surface area contributed by atoms with Crippen molar-refractivity contribution in [3.05, 3.63) is 29.6 Å². The molecule has 1 N–H and O–H groups in total. The number of hydrogen-bond donors (Lipinski definition) is 1. The van der Waals surface area contributed by atoms with Crippen molar-refractivity contribution in [3.8, 4) is 5.75 Å². The van der Waals surface area contributed by atoms with Crippen LogP contribution < -0.4 is 4.74 Å². The predicted octanol–water partition coefficient (Wildman–Crippen LogP) is 1.98. The van der Waals surface area contributed by atoms with E-state index in [1.54, 1.807) is 13.0 Å². The fraction of sp³-hybridized carbons (Fsp3) is 0.600. The molecule has 2 unspecified atom stereocenters. The summed E-state index contributed by atoms with van der Waals surface area (Å²) in [6.07, 6.45) is -0.754. The van der Waals surface area contributed by atoms with Gasteiger partial charge < -0.3 is 14.6 Å². The van der Waals surface area contributed by atoms with Gasteiger partial charge in [0.05, 0.1) is 12.7 Å². The number of hydrogen-bond acceptors (Lipinski definition) is 4. The van der Waals surface area contributed by atoms with E-state index >= 15 is 0 Å². The van der Waals surface area contributed by atoms with Gasteiger partial charge in [0.2, 0.25) is 0 Å². The topological polar surface area (TPSA) is 41.9 Å². The van der Waals surface area contributed by atoms with Crippen LogP contribution in [0, 0.1) is 5.82 Å². The van der Waals surface area contributed by atoms with Gasteiger partial charge in [-0.1, -0.05) is 6.92 Å². The maximum absolute atomic E-state index is 13.2. The van der Waals surface area contributed by atoms with Crippen molar-refractivity contribution in [3.63, 3.8) is 0 Å². The average molecular weight is 283 g/mol. The van der Waals surface area contributed by atoms with Crippen molar-refractivity contribution >= 4 is 0 Å². The summed E-state index contributed by atoms with van der Waals surface area (Å²) >= 11 is 0. The number of likely N-dealkylation sites (N-methyl/N-ethyl adjacent to an activating group) is 1. The summed E-state index contributed by atoms with van der Waals surface area (Å²) in [6, 6.07) is 4.19. The van der Waals surface area contributed by atoms with Gasteiger partial charge in [-0.25, -0.2) is 4.39 Å². The highest BCUT2D eigenvalue weighted by Crippen LogP contribution is 2.26. The first kappa shape index (κ1) is 15.2. The van der Waals surface area contributed by atoms with E-state index in [9.17, 15) is 9.50 Å². The van der Waals surface area contributed by atoms with E-state index in [1.807, 2.05) is 0 Å². The summed E-state index contributed by atoms with van der Waals surface area (Å²) in [6.45, 7) is 7.60. The van der Waals surface area contributed by atoms with Crippen molar-refractivity contribution in [2.24, 2.45) is 0 Å². The molecule has 0 bridgehead atoms. The lowest BCUT2D eigenvalue weighted by molar-refractivity contribution is -0.0467. The van der Waals surface area contributed by atoms with Crippen LogP contribution in [0.5, 0.6) is 5.75 Å². The third kappa shape index (κ3) is 3.91. The number of nitrogens with zero attached hydrogens (tertiary/aromatic N) is 1. The van der Waals surface area contributed by atoms with Crippen molar-refractivity contribution in [2.45, 2.75) is 26.1 Å². The van der Waals surface area contributed by atoms with E-state index in [0.29, 0.717) is 24.5 Å². The fourth-order valence-corrected chi connectivity index (χ4v) is 2.33. The Balaban J connectivity index is 1.96. The van der Waals surface area contributed by atoms with Crippen LogP contribution in [-0.4, -0.2) is 49.0 Å². The molecular weight excluding hydrogens is 261 g/mol. The number of halogens is 1. The highest BCUT2D eigenvalue weighted by atomic mass is 19.1. The van der Waals surface area contributed by atoms with Crippen LogP contribution in [-0.2, 0) is 4.74 Å². The zero-order valence-corrected chi connectivity index (χ0v) is 12.0. The molecule has 20 heavy (non-hydrogen) atoms. The van der Waals surface area contributed by atoms with E-state index in [1.165, 1.54) is 12.1 Å². The Morgan fingerprint density at radius 2 is 2.35 bits per heavy atom. The van der Waals surface area contributed by atoms with Crippen LogP contribution in [0.2, 0.25) is 0 Å². The smallest absolute Gasteiger partial charge is 0.125 e. The summed E-state index contributed by atoms with van der Waals surface area (Å²) in [5.74, 6) is 0.137. The van der Waals surface area contributed by atoms with Gasteiger partial charge in [0.15, 0.2) is 0 Å². The molecule has 4 nitrogen and oxygen atoms in total. The lowest BCUT2D eigenvalue weighted by atomic mass is 10.1. The Bertz CT molecular complexity index is 439. The van der Waals surface area contributed by atoms with Gasteiger partial charge in [-0.15, -0.1) is 0 Å². The van der Waals surface area contributed by atoms with Crippen molar-refractivity contribution in [1.29, 1.82) is 0 Å². The quantitative estimate of drug-likeness (QED) is 0.897. The third-order valence-electron chi connectivity index (χ3n) is 3.52. The minimum absolute atomic E-state index is 0.00982. The lowest BCUT2D eigenvalue weighted by Gasteiger charge is -2.32. The minimum Gasteiger partial charge on any atom is -0.490 e. The molecule has 1 aliphatic rings. The fourth-order valence-electron chi connectivity index (χ4n) is 2.33. The van der Waals surface area contributed by atoms with E-state index in [0.717, 1.165) is 19.6 Å². The molecule has 2 rings (SSSR count). The number of ether oxygens (including phenoxy) is 2. The summed E-state index contributed by atoms with van der Waals surface area (Å²) < 4.78 is 24.6. The highest BCUT2D eigenvalue weighted by Gasteiger charge is 2.20. The van der Waals surface area contributed by atoms with Crippen LogP contribution in [0.25, 0.3) is 0 Å². The zero-order valence-electron chi connectivity index (χ0n) is 12.0. The number of rotatable bonds is 5. The van der Waals surface area contributed by atoms with Crippen LogP contribution in [0.4, 0.5) is 4.39 Å². The Labute approximate surface area is 119 Å². The molecular formula is C15H22FNO3. The first-order chi connectivity index (χ1) is 9.60.